The van der Waals surface area contributed by atoms with Gasteiger partial charge in [-0.1, -0.05) is 0 Å². The van der Waals surface area contributed by atoms with Crippen molar-refractivity contribution in [3.63, 3.8) is 0 Å². The summed E-state index contributed by atoms with van der Waals surface area (Å²) in [6, 6.07) is 0. The Labute approximate surface area is 98.9 Å². The molecule has 0 amide bonds. The fourth-order valence-electron chi connectivity index (χ4n) is 2.21. The number of nitrogens with one attached hydrogen (secondary N) is 1. The summed E-state index contributed by atoms with van der Waals surface area (Å²) < 4.78 is 2.22. The summed E-state index contributed by atoms with van der Waals surface area (Å²) in [6.45, 7) is 7.60. The third kappa shape index (κ3) is 1.75. The number of imidazole rings is 1. The molecule has 1 aliphatic rings. The Balaban J connectivity index is 1.86. The molecule has 0 saturated carbocycles. The maximum atomic E-state index is 4.58. The van der Waals surface area contributed by atoms with Crippen LogP contribution >= 0.6 is 11.3 Å². The zero-order valence-electron chi connectivity index (χ0n) is 9.44. The maximum Gasteiger partial charge on any atom is 0.194 e. The fraction of sp³-hybridized carbons (Fsp3) is 0.545. The van der Waals surface area contributed by atoms with Crippen molar-refractivity contribution < 1.29 is 0 Å². The number of aryl methyl sites for hydroxylation is 1. The molecule has 0 atom stereocenters. The highest BCUT2D eigenvalue weighted by Gasteiger charge is 2.15. The van der Waals surface area contributed by atoms with Gasteiger partial charge in [-0.3, -0.25) is 9.30 Å². The average molecular weight is 236 g/mol. The minimum absolute atomic E-state index is 1.02. The summed E-state index contributed by atoms with van der Waals surface area (Å²) in [6.07, 6.45) is 2.12. The van der Waals surface area contributed by atoms with Crippen LogP contribution in [0.1, 0.15) is 11.4 Å². The van der Waals surface area contributed by atoms with E-state index in [1.54, 1.807) is 11.3 Å². The van der Waals surface area contributed by atoms with E-state index in [-0.39, 0.29) is 0 Å². The maximum absolute atomic E-state index is 4.58. The lowest BCUT2D eigenvalue weighted by molar-refractivity contribution is 0.230. The normalized spacial score (nSPS) is 18.3. The molecule has 3 heterocycles. The molecule has 2 aromatic heterocycles. The predicted molar refractivity (Wildman–Crippen MR) is 66.0 cm³/mol. The molecular weight excluding hydrogens is 220 g/mol. The van der Waals surface area contributed by atoms with Crippen LogP contribution in [0.4, 0.5) is 0 Å². The van der Waals surface area contributed by atoms with E-state index in [0.717, 1.165) is 37.7 Å². The van der Waals surface area contributed by atoms with E-state index in [4.69, 9.17) is 0 Å². The van der Waals surface area contributed by atoms with Crippen molar-refractivity contribution >= 4 is 16.3 Å². The molecule has 0 unspecified atom stereocenters. The first kappa shape index (κ1) is 10.3. The number of rotatable bonds is 2. The summed E-state index contributed by atoms with van der Waals surface area (Å²) in [7, 11) is 0. The zero-order chi connectivity index (χ0) is 11.0. The Hall–Kier alpha value is -0.910. The first-order chi connectivity index (χ1) is 7.84. The monoisotopic (exact) mass is 236 g/mol. The van der Waals surface area contributed by atoms with Crippen molar-refractivity contribution in [2.45, 2.75) is 13.5 Å². The molecule has 1 aliphatic heterocycles. The molecule has 0 spiro atoms. The molecule has 16 heavy (non-hydrogen) atoms. The van der Waals surface area contributed by atoms with Crippen LogP contribution in [-0.2, 0) is 6.54 Å². The predicted octanol–water partition coefficient (Wildman–Crippen LogP) is 1.11. The van der Waals surface area contributed by atoms with Gasteiger partial charge in [-0.15, -0.1) is 11.3 Å². The van der Waals surface area contributed by atoms with Gasteiger partial charge in [0, 0.05) is 44.3 Å². The van der Waals surface area contributed by atoms with Gasteiger partial charge in [-0.25, -0.2) is 4.98 Å². The van der Waals surface area contributed by atoms with E-state index in [1.807, 2.05) is 0 Å². The van der Waals surface area contributed by atoms with E-state index in [1.165, 1.54) is 11.4 Å². The smallest absolute Gasteiger partial charge is 0.194 e. The van der Waals surface area contributed by atoms with Crippen LogP contribution in [0, 0.1) is 6.92 Å². The quantitative estimate of drug-likeness (QED) is 0.848. The van der Waals surface area contributed by atoms with Crippen LogP contribution in [0.5, 0.6) is 0 Å². The van der Waals surface area contributed by atoms with Crippen molar-refractivity contribution in [3.05, 3.63) is 23.0 Å². The number of hydrogen-bond donors (Lipinski definition) is 1. The van der Waals surface area contributed by atoms with Gasteiger partial charge in [0.25, 0.3) is 0 Å². The zero-order valence-corrected chi connectivity index (χ0v) is 10.3. The molecule has 1 N–H and O–H groups in total. The van der Waals surface area contributed by atoms with Gasteiger partial charge in [0.15, 0.2) is 4.96 Å². The summed E-state index contributed by atoms with van der Waals surface area (Å²) in [5, 5.41) is 5.48. The second kappa shape index (κ2) is 4.16. The second-order valence-electron chi connectivity index (χ2n) is 4.23. The number of hydrogen-bond acceptors (Lipinski definition) is 4. The first-order valence-corrected chi connectivity index (χ1v) is 6.56. The molecule has 0 radical (unpaired) electrons. The van der Waals surface area contributed by atoms with Crippen molar-refractivity contribution in [1.82, 2.24) is 19.6 Å². The minimum Gasteiger partial charge on any atom is -0.314 e. The van der Waals surface area contributed by atoms with Crippen molar-refractivity contribution in [2.75, 3.05) is 26.2 Å². The molecule has 0 aromatic carbocycles. The average Bonchev–Trinajstić information content (AvgIpc) is 2.84. The summed E-state index contributed by atoms with van der Waals surface area (Å²) in [4.78, 5) is 8.18. The summed E-state index contributed by atoms with van der Waals surface area (Å²) >= 11 is 1.71. The minimum atomic E-state index is 1.02. The van der Waals surface area contributed by atoms with Gasteiger partial charge >= 0.3 is 0 Å². The van der Waals surface area contributed by atoms with Crippen LogP contribution in [0.15, 0.2) is 11.6 Å². The van der Waals surface area contributed by atoms with Gasteiger partial charge in [0.05, 0.1) is 11.4 Å². The third-order valence-corrected chi connectivity index (χ3v) is 3.90. The molecule has 86 valence electrons. The highest BCUT2D eigenvalue weighted by atomic mass is 32.1. The SMILES string of the molecule is Cc1nc2sccn2c1CN1CCNCC1. The highest BCUT2D eigenvalue weighted by Crippen LogP contribution is 2.18. The molecule has 1 fully saturated rings. The van der Waals surface area contributed by atoms with Crippen LogP contribution in [0.2, 0.25) is 0 Å². The molecule has 0 aliphatic carbocycles. The molecule has 2 aromatic rings. The van der Waals surface area contributed by atoms with Crippen molar-refractivity contribution in [3.8, 4) is 0 Å². The Morgan fingerprint density at radius 3 is 3.06 bits per heavy atom. The summed E-state index contributed by atoms with van der Waals surface area (Å²) in [5.41, 5.74) is 2.52. The summed E-state index contributed by atoms with van der Waals surface area (Å²) in [5.74, 6) is 0. The molecule has 4 nitrogen and oxygen atoms in total. The van der Waals surface area contributed by atoms with E-state index in [2.05, 4.69) is 38.1 Å². The Bertz CT molecular complexity index is 481. The Morgan fingerprint density at radius 1 is 1.44 bits per heavy atom. The van der Waals surface area contributed by atoms with Crippen LogP contribution in [0.25, 0.3) is 4.96 Å². The fourth-order valence-corrected chi connectivity index (χ4v) is 2.99. The largest absolute Gasteiger partial charge is 0.314 e. The van der Waals surface area contributed by atoms with Crippen LogP contribution < -0.4 is 5.32 Å². The number of piperazine rings is 1. The number of fused-ring (bicyclic) bond motifs is 1. The van der Waals surface area contributed by atoms with E-state index in [0.29, 0.717) is 0 Å². The molecule has 3 rings (SSSR count). The van der Waals surface area contributed by atoms with Crippen molar-refractivity contribution in [2.24, 2.45) is 0 Å². The molecule has 5 heteroatoms. The van der Waals surface area contributed by atoms with Crippen LogP contribution in [-0.4, -0.2) is 40.5 Å². The number of nitrogens with zero attached hydrogens (tertiary/aromatic N) is 3. The lowest BCUT2D eigenvalue weighted by atomic mass is 10.3. The van der Waals surface area contributed by atoms with Gasteiger partial charge in [-0.05, 0) is 6.92 Å². The van der Waals surface area contributed by atoms with Gasteiger partial charge in [0.1, 0.15) is 0 Å². The highest BCUT2D eigenvalue weighted by molar-refractivity contribution is 7.15. The van der Waals surface area contributed by atoms with Gasteiger partial charge < -0.3 is 5.32 Å². The standard InChI is InChI=1S/C11H16N4S/c1-9-10(8-14-4-2-12-3-5-14)15-6-7-16-11(15)13-9/h6-7,12H,2-5,8H2,1H3. The Morgan fingerprint density at radius 2 is 2.25 bits per heavy atom. The third-order valence-electron chi connectivity index (χ3n) is 3.14. The lowest BCUT2D eigenvalue weighted by Gasteiger charge is -2.26. The molecule has 0 bridgehead atoms. The van der Waals surface area contributed by atoms with Gasteiger partial charge in [0.2, 0.25) is 0 Å². The second-order valence-corrected chi connectivity index (χ2v) is 5.10. The number of aromatic nitrogens is 2. The van der Waals surface area contributed by atoms with Crippen LogP contribution in [0.3, 0.4) is 0 Å². The molecular formula is C11H16N4S. The Kier molecular flexibility index (Phi) is 2.67. The van der Waals surface area contributed by atoms with E-state index < -0.39 is 0 Å². The lowest BCUT2D eigenvalue weighted by Crippen LogP contribution is -2.43. The topological polar surface area (TPSA) is 32.6 Å². The van der Waals surface area contributed by atoms with E-state index >= 15 is 0 Å². The van der Waals surface area contributed by atoms with Gasteiger partial charge in [-0.2, -0.15) is 0 Å². The first-order valence-electron chi connectivity index (χ1n) is 5.69. The van der Waals surface area contributed by atoms with E-state index in [9.17, 15) is 0 Å². The number of thiazole rings is 1. The molecule has 1 saturated heterocycles. The van der Waals surface area contributed by atoms with Crippen molar-refractivity contribution in [1.29, 1.82) is 0 Å².